The van der Waals surface area contributed by atoms with Crippen LogP contribution in [-0.2, 0) is 5.33 Å². The van der Waals surface area contributed by atoms with Crippen LogP contribution in [0.2, 0.25) is 0 Å². The summed E-state index contributed by atoms with van der Waals surface area (Å²) < 4.78 is 3.87. The van der Waals surface area contributed by atoms with Gasteiger partial charge in [-0.2, -0.15) is 0 Å². The van der Waals surface area contributed by atoms with Crippen LogP contribution in [0, 0.1) is 3.57 Å². The SMILES string of the molecule is BrCc1csc2c(Br)ccc(I)c12. The highest BCUT2D eigenvalue weighted by Gasteiger charge is 2.08. The largest absolute Gasteiger partial charge is 0.142 e. The zero-order chi connectivity index (χ0) is 9.42. The van der Waals surface area contributed by atoms with Crippen molar-refractivity contribution >= 4 is 75.9 Å². The van der Waals surface area contributed by atoms with Gasteiger partial charge >= 0.3 is 0 Å². The van der Waals surface area contributed by atoms with E-state index in [-0.39, 0.29) is 0 Å². The van der Waals surface area contributed by atoms with Crippen molar-refractivity contribution in [3.05, 3.63) is 31.1 Å². The first-order valence-corrected chi connectivity index (χ1v) is 7.51. The maximum absolute atomic E-state index is 3.57. The molecule has 0 saturated heterocycles. The molecule has 13 heavy (non-hydrogen) atoms. The van der Waals surface area contributed by atoms with Crippen molar-refractivity contribution in [3.8, 4) is 0 Å². The summed E-state index contributed by atoms with van der Waals surface area (Å²) in [6, 6.07) is 4.25. The Morgan fingerprint density at radius 3 is 2.85 bits per heavy atom. The minimum Gasteiger partial charge on any atom is -0.142 e. The van der Waals surface area contributed by atoms with E-state index in [0.29, 0.717) is 0 Å². The second kappa shape index (κ2) is 4.16. The average Bonchev–Trinajstić information content (AvgIpc) is 2.56. The third-order valence-corrected chi connectivity index (χ3v) is 5.33. The Kier molecular flexibility index (Phi) is 3.33. The van der Waals surface area contributed by atoms with Crippen LogP contribution in [0.15, 0.2) is 22.0 Å². The maximum Gasteiger partial charge on any atom is 0.0498 e. The quantitative estimate of drug-likeness (QED) is 0.432. The summed E-state index contributed by atoms with van der Waals surface area (Å²) >= 11 is 11.3. The predicted octanol–water partition coefficient (Wildman–Crippen LogP) is 5.16. The fraction of sp³-hybridized carbons (Fsp3) is 0.111. The maximum atomic E-state index is 3.57. The van der Waals surface area contributed by atoms with Gasteiger partial charge in [-0.1, -0.05) is 15.9 Å². The van der Waals surface area contributed by atoms with Crippen LogP contribution in [-0.4, -0.2) is 0 Å². The number of alkyl halides is 1. The summed E-state index contributed by atoms with van der Waals surface area (Å²) in [5, 5.41) is 4.53. The molecular weight excluding hydrogens is 427 g/mol. The highest BCUT2D eigenvalue weighted by atomic mass is 127. The molecule has 0 nitrogen and oxygen atoms in total. The topological polar surface area (TPSA) is 0 Å². The molecule has 0 spiro atoms. The standard InChI is InChI=1S/C9H5Br2IS/c10-3-5-4-13-9-6(11)1-2-7(12)8(5)9/h1-2,4H,3H2. The summed E-state index contributed by atoms with van der Waals surface area (Å²) in [5.41, 5.74) is 1.38. The number of fused-ring (bicyclic) bond motifs is 1. The third kappa shape index (κ3) is 1.82. The van der Waals surface area contributed by atoms with E-state index in [0.717, 1.165) is 5.33 Å². The van der Waals surface area contributed by atoms with Crippen LogP contribution in [0.3, 0.4) is 0 Å². The van der Waals surface area contributed by atoms with Crippen LogP contribution in [0.1, 0.15) is 5.56 Å². The van der Waals surface area contributed by atoms with Gasteiger partial charge in [0.1, 0.15) is 0 Å². The number of hydrogen-bond acceptors (Lipinski definition) is 1. The molecule has 1 aromatic carbocycles. The van der Waals surface area contributed by atoms with Gasteiger partial charge in [-0.15, -0.1) is 11.3 Å². The fourth-order valence-electron chi connectivity index (χ4n) is 1.23. The Hall–Kier alpha value is 0.870. The second-order valence-corrected chi connectivity index (χ2v) is 6.08. The molecule has 0 amide bonds. The average molecular weight is 432 g/mol. The van der Waals surface area contributed by atoms with Gasteiger partial charge in [-0.05, 0) is 61.6 Å². The van der Waals surface area contributed by atoms with Crippen molar-refractivity contribution in [2.24, 2.45) is 0 Å². The van der Waals surface area contributed by atoms with Gasteiger partial charge < -0.3 is 0 Å². The molecule has 2 rings (SSSR count). The van der Waals surface area contributed by atoms with Gasteiger partial charge in [0.05, 0.1) is 0 Å². The monoisotopic (exact) mass is 430 g/mol. The molecule has 4 heteroatoms. The van der Waals surface area contributed by atoms with Crippen molar-refractivity contribution in [3.63, 3.8) is 0 Å². The van der Waals surface area contributed by atoms with E-state index in [9.17, 15) is 0 Å². The van der Waals surface area contributed by atoms with Gasteiger partial charge in [0.25, 0.3) is 0 Å². The van der Waals surface area contributed by atoms with Crippen LogP contribution in [0.25, 0.3) is 10.1 Å². The molecule has 0 saturated carbocycles. The molecule has 0 aliphatic rings. The molecule has 0 atom stereocenters. The molecule has 0 fully saturated rings. The van der Waals surface area contributed by atoms with Crippen molar-refractivity contribution < 1.29 is 0 Å². The molecule has 2 aromatic rings. The normalized spacial score (nSPS) is 11.0. The molecular formula is C9H5Br2IS. The van der Waals surface area contributed by atoms with E-state index in [2.05, 4.69) is 72.0 Å². The zero-order valence-electron chi connectivity index (χ0n) is 6.48. The van der Waals surface area contributed by atoms with Crippen LogP contribution < -0.4 is 0 Å². The molecule has 0 aliphatic heterocycles. The third-order valence-electron chi connectivity index (χ3n) is 1.84. The summed E-state index contributed by atoms with van der Waals surface area (Å²) in [6.07, 6.45) is 0. The Balaban J connectivity index is 2.87. The van der Waals surface area contributed by atoms with Crippen LogP contribution >= 0.6 is 65.8 Å². The van der Waals surface area contributed by atoms with Gasteiger partial charge in [-0.3, -0.25) is 0 Å². The first-order chi connectivity index (χ1) is 6.24. The van der Waals surface area contributed by atoms with Crippen LogP contribution in [0.4, 0.5) is 0 Å². The lowest BCUT2D eigenvalue weighted by molar-refractivity contribution is 1.53. The highest BCUT2D eigenvalue weighted by molar-refractivity contribution is 14.1. The molecule has 0 bridgehead atoms. The van der Waals surface area contributed by atoms with Crippen LogP contribution in [0.5, 0.6) is 0 Å². The van der Waals surface area contributed by atoms with Gasteiger partial charge in [0.2, 0.25) is 0 Å². The van der Waals surface area contributed by atoms with Crippen molar-refractivity contribution in [1.29, 1.82) is 0 Å². The number of benzene rings is 1. The molecule has 0 radical (unpaired) electrons. The lowest BCUT2D eigenvalue weighted by atomic mass is 10.2. The molecule has 0 N–H and O–H groups in total. The summed E-state index contributed by atoms with van der Waals surface area (Å²) in [6.45, 7) is 0. The van der Waals surface area contributed by atoms with E-state index in [4.69, 9.17) is 0 Å². The lowest BCUT2D eigenvalue weighted by Crippen LogP contribution is -1.78. The minimum atomic E-state index is 0.930. The first-order valence-electron chi connectivity index (χ1n) is 3.64. The van der Waals surface area contributed by atoms with Crippen molar-refractivity contribution in [1.82, 2.24) is 0 Å². The molecule has 1 aromatic heterocycles. The smallest absolute Gasteiger partial charge is 0.0498 e. The molecule has 0 aliphatic carbocycles. The highest BCUT2D eigenvalue weighted by Crippen LogP contribution is 2.36. The van der Waals surface area contributed by atoms with E-state index in [1.54, 1.807) is 11.3 Å². The van der Waals surface area contributed by atoms with Gasteiger partial charge in [0, 0.05) is 23.5 Å². The lowest BCUT2D eigenvalue weighted by Gasteiger charge is -1.99. The molecule has 68 valence electrons. The van der Waals surface area contributed by atoms with Gasteiger partial charge in [0.15, 0.2) is 0 Å². The number of halogens is 3. The number of rotatable bonds is 1. The minimum absolute atomic E-state index is 0.930. The Morgan fingerprint density at radius 1 is 1.38 bits per heavy atom. The first kappa shape index (κ1) is 10.4. The van der Waals surface area contributed by atoms with Gasteiger partial charge in [-0.25, -0.2) is 0 Å². The predicted molar refractivity (Wildman–Crippen MR) is 74.9 cm³/mol. The molecule has 1 heterocycles. The summed E-state index contributed by atoms with van der Waals surface area (Å²) in [4.78, 5) is 0. The number of thiophene rings is 1. The Morgan fingerprint density at radius 2 is 2.15 bits per heavy atom. The summed E-state index contributed by atoms with van der Waals surface area (Å²) in [5.74, 6) is 0. The Bertz CT molecular complexity index is 450. The zero-order valence-corrected chi connectivity index (χ0v) is 12.6. The Labute approximate surface area is 111 Å². The summed E-state index contributed by atoms with van der Waals surface area (Å²) in [7, 11) is 0. The molecule has 0 unspecified atom stereocenters. The van der Waals surface area contributed by atoms with E-state index < -0.39 is 0 Å². The van der Waals surface area contributed by atoms with E-state index in [1.807, 2.05) is 0 Å². The van der Waals surface area contributed by atoms with Crippen molar-refractivity contribution in [2.45, 2.75) is 5.33 Å². The number of hydrogen-bond donors (Lipinski definition) is 0. The van der Waals surface area contributed by atoms with Crippen molar-refractivity contribution in [2.75, 3.05) is 0 Å². The van der Waals surface area contributed by atoms with E-state index >= 15 is 0 Å². The van der Waals surface area contributed by atoms with E-state index in [1.165, 1.54) is 23.7 Å². The second-order valence-electron chi connectivity index (χ2n) is 2.63. The fourth-order valence-corrected chi connectivity index (χ4v) is 4.48.